The summed E-state index contributed by atoms with van der Waals surface area (Å²) in [5, 5.41) is 4.86. The number of methoxy groups -OCH3 is 1. The third-order valence-electron chi connectivity index (χ3n) is 4.52. The van der Waals surface area contributed by atoms with E-state index in [1.54, 1.807) is 36.4 Å². The monoisotopic (exact) mass is 439 g/mol. The van der Waals surface area contributed by atoms with E-state index in [4.69, 9.17) is 30.2 Å². The quantitative estimate of drug-likeness (QED) is 0.416. The zero-order valence-corrected chi connectivity index (χ0v) is 17.3. The van der Waals surface area contributed by atoms with Gasteiger partial charge in [-0.25, -0.2) is 4.79 Å². The van der Waals surface area contributed by atoms with Crippen molar-refractivity contribution in [1.82, 2.24) is 0 Å². The molecule has 0 spiro atoms. The molecule has 7 nitrogen and oxygen atoms in total. The number of fused-ring (bicyclic) bond motifs is 3. The van der Waals surface area contributed by atoms with E-state index >= 15 is 0 Å². The van der Waals surface area contributed by atoms with Crippen LogP contribution >= 0.6 is 11.6 Å². The van der Waals surface area contributed by atoms with Crippen molar-refractivity contribution in [3.8, 4) is 11.5 Å². The summed E-state index contributed by atoms with van der Waals surface area (Å²) in [7, 11) is 1.51. The molecule has 0 aliphatic rings. The molecule has 0 atom stereocenters. The smallest absolute Gasteiger partial charge is 0.344 e. The fraction of sp³-hybridized carbons (Fsp3) is 0.130. The number of nitrogens with one attached hydrogen (secondary N) is 1. The zero-order chi connectivity index (χ0) is 21.8. The van der Waals surface area contributed by atoms with Gasteiger partial charge in [0.2, 0.25) is 0 Å². The lowest BCUT2D eigenvalue weighted by Crippen LogP contribution is -2.23. The van der Waals surface area contributed by atoms with Crippen molar-refractivity contribution in [3.63, 3.8) is 0 Å². The van der Waals surface area contributed by atoms with Crippen LogP contribution in [0.25, 0.3) is 21.9 Å². The molecule has 0 saturated carbocycles. The van der Waals surface area contributed by atoms with Crippen LogP contribution in [0.4, 0.5) is 5.69 Å². The van der Waals surface area contributed by atoms with Gasteiger partial charge in [-0.3, -0.25) is 4.79 Å². The van der Waals surface area contributed by atoms with Crippen molar-refractivity contribution in [2.45, 2.75) is 0 Å². The summed E-state index contributed by atoms with van der Waals surface area (Å²) in [6, 6.07) is 17.8. The molecule has 4 aromatic rings. The number of anilines is 1. The van der Waals surface area contributed by atoms with Gasteiger partial charge in [0.15, 0.2) is 13.2 Å². The fourth-order valence-corrected chi connectivity index (χ4v) is 3.28. The van der Waals surface area contributed by atoms with Crippen LogP contribution in [0.2, 0.25) is 5.02 Å². The Morgan fingerprint density at radius 3 is 2.52 bits per heavy atom. The van der Waals surface area contributed by atoms with Crippen LogP contribution in [0.1, 0.15) is 0 Å². The Bertz CT molecular complexity index is 1270. The molecule has 0 aliphatic heterocycles. The molecule has 0 saturated heterocycles. The second-order valence-electron chi connectivity index (χ2n) is 6.57. The van der Waals surface area contributed by atoms with Crippen LogP contribution in [0.5, 0.6) is 11.5 Å². The molecule has 8 heteroatoms. The number of hydrogen-bond donors (Lipinski definition) is 1. The molecular formula is C23H18ClNO6. The zero-order valence-electron chi connectivity index (χ0n) is 16.5. The second-order valence-corrected chi connectivity index (χ2v) is 6.98. The summed E-state index contributed by atoms with van der Waals surface area (Å²) in [4.78, 5) is 24.2. The third-order valence-corrected chi connectivity index (χ3v) is 4.83. The number of carbonyl (C=O) groups is 2. The highest BCUT2D eigenvalue weighted by Gasteiger charge is 2.15. The molecule has 158 valence electrons. The lowest BCUT2D eigenvalue weighted by Gasteiger charge is -2.11. The Morgan fingerprint density at radius 1 is 0.935 bits per heavy atom. The summed E-state index contributed by atoms with van der Waals surface area (Å²) in [5.74, 6) is -0.412. The minimum absolute atomic E-state index is 0.356. The lowest BCUT2D eigenvalue weighted by molar-refractivity contribution is -0.149. The van der Waals surface area contributed by atoms with Crippen LogP contribution in [0, 0.1) is 0 Å². The first-order valence-electron chi connectivity index (χ1n) is 9.37. The van der Waals surface area contributed by atoms with E-state index in [0.717, 1.165) is 16.4 Å². The van der Waals surface area contributed by atoms with Crippen molar-refractivity contribution < 1.29 is 28.2 Å². The van der Waals surface area contributed by atoms with Gasteiger partial charge in [-0.2, -0.15) is 0 Å². The summed E-state index contributed by atoms with van der Waals surface area (Å²) in [5.41, 5.74) is 1.74. The van der Waals surface area contributed by atoms with Crippen molar-refractivity contribution in [1.29, 1.82) is 0 Å². The standard InChI is InChI=1S/C23H18ClNO6/c1-28-21-10-15-14-6-2-4-8-18(14)31-20(15)11-17(21)25-22(26)12-30-23(27)13-29-19-9-5-3-7-16(19)24/h2-11H,12-13H2,1H3,(H,25,26). The molecule has 1 heterocycles. The van der Waals surface area contributed by atoms with Gasteiger partial charge in [-0.05, 0) is 24.3 Å². The molecular weight excluding hydrogens is 422 g/mol. The molecule has 1 N–H and O–H groups in total. The summed E-state index contributed by atoms with van der Waals surface area (Å²) in [6.07, 6.45) is 0. The highest BCUT2D eigenvalue weighted by atomic mass is 35.5. The molecule has 31 heavy (non-hydrogen) atoms. The van der Waals surface area contributed by atoms with E-state index < -0.39 is 18.5 Å². The minimum Gasteiger partial charge on any atom is -0.495 e. The first-order chi connectivity index (χ1) is 15.0. The van der Waals surface area contributed by atoms with E-state index in [0.29, 0.717) is 27.8 Å². The van der Waals surface area contributed by atoms with Crippen molar-refractivity contribution in [2.75, 3.05) is 25.6 Å². The second kappa shape index (κ2) is 8.97. The highest BCUT2D eigenvalue weighted by molar-refractivity contribution is 6.32. The van der Waals surface area contributed by atoms with Gasteiger partial charge in [0, 0.05) is 16.8 Å². The first-order valence-corrected chi connectivity index (χ1v) is 9.75. The van der Waals surface area contributed by atoms with Gasteiger partial charge >= 0.3 is 5.97 Å². The van der Waals surface area contributed by atoms with Gasteiger partial charge in [-0.1, -0.05) is 41.9 Å². The third kappa shape index (κ3) is 4.57. The van der Waals surface area contributed by atoms with Crippen LogP contribution in [-0.2, 0) is 14.3 Å². The predicted molar refractivity (Wildman–Crippen MR) is 117 cm³/mol. The number of hydrogen-bond acceptors (Lipinski definition) is 6. The number of carbonyl (C=O) groups excluding carboxylic acids is 2. The van der Waals surface area contributed by atoms with Gasteiger partial charge in [0.05, 0.1) is 17.8 Å². The normalized spacial score (nSPS) is 10.8. The number of amides is 1. The lowest BCUT2D eigenvalue weighted by atomic mass is 10.1. The van der Waals surface area contributed by atoms with E-state index in [-0.39, 0.29) is 6.61 Å². The van der Waals surface area contributed by atoms with Crippen LogP contribution in [0.15, 0.2) is 65.1 Å². The number of para-hydroxylation sites is 2. The molecule has 0 bridgehead atoms. The summed E-state index contributed by atoms with van der Waals surface area (Å²) in [6.45, 7) is -0.850. The number of benzene rings is 3. The van der Waals surface area contributed by atoms with Crippen LogP contribution in [-0.4, -0.2) is 32.2 Å². The molecule has 0 radical (unpaired) electrons. The van der Waals surface area contributed by atoms with Crippen LogP contribution < -0.4 is 14.8 Å². The van der Waals surface area contributed by atoms with Gasteiger partial charge < -0.3 is 23.9 Å². The average molecular weight is 440 g/mol. The molecule has 0 aliphatic carbocycles. The number of ether oxygens (including phenoxy) is 3. The van der Waals surface area contributed by atoms with E-state index in [1.165, 1.54) is 7.11 Å². The molecule has 4 rings (SSSR count). The fourth-order valence-electron chi connectivity index (χ4n) is 3.09. The molecule has 0 unspecified atom stereocenters. The van der Waals surface area contributed by atoms with Gasteiger partial charge in [0.25, 0.3) is 5.91 Å². The van der Waals surface area contributed by atoms with Crippen molar-refractivity contribution in [2.24, 2.45) is 0 Å². The van der Waals surface area contributed by atoms with Gasteiger partial charge in [-0.15, -0.1) is 0 Å². The molecule has 1 aromatic heterocycles. The predicted octanol–water partition coefficient (Wildman–Crippen LogP) is 4.81. The highest BCUT2D eigenvalue weighted by Crippen LogP contribution is 2.36. The SMILES string of the molecule is COc1cc2c(cc1NC(=O)COC(=O)COc1ccccc1Cl)oc1ccccc12. The van der Waals surface area contributed by atoms with E-state index in [2.05, 4.69) is 5.32 Å². The molecule has 1 amide bonds. The van der Waals surface area contributed by atoms with Crippen LogP contribution in [0.3, 0.4) is 0 Å². The Kier molecular flexibility index (Phi) is 5.95. The topological polar surface area (TPSA) is 87.0 Å². The van der Waals surface area contributed by atoms with E-state index in [9.17, 15) is 9.59 Å². The Labute approximate surface area is 182 Å². The molecule has 0 fully saturated rings. The Balaban J connectivity index is 1.39. The van der Waals surface area contributed by atoms with E-state index in [1.807, 2.05) is 24.3 Å². The Morgan fingerprint density at radius 2 is 1.71 bits per heavy atom. The largest absolute Gasteiger partial charge is 0.495 e. The number of halogens is 1. The Hall–Kier alpha value is -3.71. The average Bonchev–Trinajstić information content (AvgIpc) is 3.14. The van der Waals surface area contributed by atoms with Gasteiger partial charge in [0.1, 0.15) is 22.7 Å². The van der Waals surface area contributed by atoms with Crippen molar-refractivity contribution >= 4 is 51.1 Å². The maximum atomic E-state index is 12.3. The number of rotatable bonds is 7. The van der Waals surface area contributed by atoms with Crippen molar-refractivity contribution in [3.05, 3.63) is 65.7 Å². The molecule has 3 aromatic carbocycles. The summed E-state index contributed by atoms with van der Waals surface area (Å²) >= 11 is 5.96. The maximum Gasteiger partial charge on any atom is 0.344 e. The maximum absolute atomic E-state index is 12.3. The number of esters is 1. The summed E-state index contributed by atoms with van der Waals surface area (Å²) < 4.78 is 21.5. The minimum atomic E-state index is -0.699. The number of furan rings is 1. The first kappa shape index (κ1) is 20.6.